The Balaban J connectivity index is 1.85. The van der Waals surface area contributed by atoms with Crippen LogP contribution in [-0.4, -0.2) is 35.1 Å². The Bertz CT molecular complexity index is 409. The standard InChI is InChI=1S/C13H20N2O2S/c1-9(16)10-2-4-15(5-3-10)7-12-6-11(8-18-12)13(14)17/h6,8-10,16H,2-5,7H2,1H3,(H2,14,17). The molecule has 18 heavy (non-hydrogen) atoms. The number of amides is 1. The molecule has 2 heterocycles. The first-order valence-electron chi connectivity index (χ1n) is 6.34. The fourth-order valence-electron chi connectivity index (χ4n) is 2.41. The molecule has 1 saturated heterocycles. The van der Waals surface area contributed by atoms with Crippen LogP contribution in [0.5, 0.6) is 0 Å². The smallest absolute Gasteiger partial charge is 0.249 e. The van der Waals surface area contributed by atoms with E-state index in [4.69, 9.17) is 5.73 Å². The van der Waals surface area contributed by atoms with Crippen LogP contribution in [0.4, 0.5) is 0 Å². The van der Waals surface area contributed by atoms with Gasteiger partial charge in [-0.25, -0.2) is 0 Å². The molecule has 0 radical (unpaired) electrons. The summed E-state index contributed by atoms with van der Waals surface area (Å²) in [6.07, 6.45) is 1.90. The molecule has 3 N–H and O–H groups in total. The third kappa shape index (κ3) is 3.31. The van der Waals surface area contributed by atoms with E-state index in [1.165, 1.54) is 4.88 Å². The van der Waals surface area contributed by atoms with Crippen LogP contribution in [0.2, 0.25) is 0 Å². The Kier molecular flexibility index (Phi) is 4.37. The van der Waals surface area contributed by atoms with Crippen LogP contribution in [-0.2, 0) is 6.54 Å². The molecule has 4 nitrogen and oxygen atoms in total. The van der Waals surface area contributed by atoms with E-state index in [2.05, 4.69) is 4.90 Å². The lowest BCUT2D eigenvalue weighted by Crippen LogP contribution is -2.36. The van der Waals surface area contributed by atoms with Crippen LogP contribution in [0.1, 0.15) is 35.0 Å². The van der Waals surface area contributed by atoms with Gasteiger partial charge in [-0.05, 0) is 44.8 Å². The van der Waals surface area contributed by atoms with E-state index in [1.807, 2.05) is 18.4 Å². The summed E-state index contributed by atoms with van der Waals surface area (Å²) >= 11 is 1.59. The number of hydrogen-bond acceptors (Lipinski definition) is 4. The van der Waals surface area contributed by atoms with Crippen molar-refractivity contribution in [3.63, 3.8) is 0 Å². The molecular formula is C13H20N2O2S. The van der Waals surface area contributed by atoms with Crippen LogP contribution in [0.25, 0.3) is 0 Å². The van der Waals surface area contributed by atoms with Gasteiger partial charge >= 0.3 is 0 Å². The second-order valence-corrected chi connectivity index (χ2v) is 6.02. The van der Waals surface area contributed by atoms with Crippen molar-refractivity contribution in [3.05, 3.63) is 21.9 Å². The summed E-state index contributed by atoms with van der Waals surface area (Å²) in [5, 5.41) is 11.4. The molecule has 0 saturated carbocycles. The zero-order valence-electron chi connectivity index (χ0n) is 10.6. The first-order chi connectivity index (χ1) is 8.56. The van der Waals surface area contributed by atoms with Crippen molar-refractivity contribution >= 4 is 17.2 Å². The van der Waals surface area contributed by atoms with Gasteiger partial charge in [-0.1, -0.05) is 0 Å². The molecule has 1 aliphatic heterocycles. The highest BCUT2D eigenvalue weighted by Gasteiger charge is 2.22. The third-order valence-corrected chi connectivity index (χ3v) is 4.55. The maximum atomic E-state index is 11.0. The second-order valence-electron chi connectivity index (χ2n) is 5.02. The van der Waals surface area contributed by atoms with Gasteiger partial charge in [-0.2, -0.15) is 0 Å². The molecule has 100 valence electrons. The topological polar surface area (TPSA) is 66.6 Å². The lowest BCUT2D eigenvalue weighted by Gasteiger charge is -2.32. The van der Waals surface area contributed by atoms with Gasteiger partial charge in [-0.3, -0.25) is 9.69 Å². The van der Waals surface area contributed by atoms with Gasteiger partial charge in [0.05, 0.1) is 11.7 Å². The van der Waals surface area contributed by atoms with Crippen molar-refractivity contribution in [2.24, 2.45) is 11.7 Å². The maximum Gasteiger partial charge on any atom is 0.249 e. The number of aliphatic hydroxyl groups excluding tert-OH is 1. The average Bonchev–Trinajstić information content (AvgIpc) is 2.78. The number of primary amides is 1. The highest BCUT2D eigenvalue weighted by Crippen LogP contribution is 2.23. The third-order valence-electron chi connectivity index (χ3n) is 3.63. The summed E-state index contributed by atoms with van der Waals surface area (Å²) in [6.45, 7) is 4.78. The van der Waals surface area contributed by atoms with Crippen molar-refractivity contribution in [2.45, 2.75) is 32.4 Å². The largest absolute Gasteiger partial charge is 0.393 e. The van der Waals surface area contributed by atoms with Crippen LogP contribution in [0, 0.1) is 5.92 Å². The summed E-state index contributed by atoms with van der Waals surface area (Å²) in [5.41, 5.74) is 5.84. The number of carbonyl (C=O) groups is 1. The van der Waals surface area contributed by atoms with Gasteiger partial charge in [0.2, 0.25) is 5.91 Å². The molecule has 0 aromatic carbocycles. The van der Waals surface area contributed by atoms with E-state index in [0.717, 1.165) is 32.5 Å². The molecule has 2 rings (SSSR count). The summed E-state index contributed by atoms with van der Waals surface area (Å²) in [7, 11) is 0. The molecule has 0 spiro atoms. The Labute approximate surface area is 111 Å². The van der Waals surface area contributed by atoms with Gasteiger partial charge in [0, 0.05) is 16.8 Å². The molecule has 1 aromatic rings. The molecule has 5 heteroatoms. The highest BCUT2D eigenvalue weighted by atomic mass is 32.1. The van der Waals surface area contributed by atoms with E-state index in [1.54, 1.807) is 11.3 Å². The van der Waals surface area contributed by atoms with Gasteiger partial charge in [-0.15, -0.1) is 11.3 Å². The molecule has 1 aromatic heterocycles. The number of nitrogens with two attached hydrogens (primary N) is 1. The zero-order valence-corrected chi connectivity index (χ0v) is 11.4. The summed E-state index contributed by atoms with van der Waals surface area (Å²) < 4.78 is 0. The van der Waals surface area contributed by atoms with Crippen molar-refractivity contribution in [3.8, 4) is 0 Å². The van der Waals surface area contributed by atoms with Gasteiger partial charge in [0.1, 0.15) is 0 Å². The van der Waals surface area contributed by atoms with Gasteiger partial charge in [0.15, 0.2) is 0 Å². The number of nitrogens with zero attached hydrogens (tertiary/aromatic N) is 1. The second kappa shape index (κ2) is 5.82. The maximum absolute atomic E-state index is 11.0. The Morgan fingerprint density at radius 3 is 2.78 bits per heavy atom. The van der Waals surface area contributed by atoms with E-state index in [9.17, 15) is 9.90 Å². The summed E-state index contributed by atoms with van der Waals surface area (Å²) in [5.74, 6) is 0.0797. The predicted molar refractivity (Wildman–Crippen MR) is 72.5 cm³/mol. The van der Waals surface area contributed by atoms with Crippen molar-refractivity contribution < 1.29 is 9.90 Å². The number of rotatable bonds is 4. The lowest BCUT2D eigenvalue weighted by molar-refractivity contribution is 0.0698. The van der Waals surface area contributed by atoms with E-state index >= 15 is 0 Å². The van der Waals surface area contributed by atoms with Crippen LogP contribution in [0.3, 0.4) is 0 Å². The first-order valence-corrected chi connectivity index (χ1v) is 7.22. The normalized spacial score (nSPS) is 19.9. The minimum atomic E-state index is -0.356. The molecule has 0 bridgehead atoms. The summed E-state index contributed by atoms with van der Waals surface area (Å²) in [6, 6.07) is 1.88. The molecule has 1 aliphatic rings. The molecule has 1 amide bonds. The average molecular weight is 268 g/mol. The minimum Gasteiger partial charge on any atom is -0.393 e. The monoisotopic (exact) mass is 268 g/mol. The fourth-order valence-corrected chi connectivity index (χ4v) is 3.32. The predicted octanol–water partition coefficient (Wildman–Crippen LogP) is 1.44. The molecule has 1 unspecified atom stereocenters. The van der Waals surface area contributed by atoms with Gasteiger partial charge in [0.25, 0.3) is 0 Å². The number of aliphatic hydroxyl groups is 1. The van der Waals surface area contributed by atoms with E-state index < -0.39 is 0 Å². The van der Waals surface area contributed by atoms with E-state index in [0.29, 0.717) is 11.5 Å². The SMILES string of the molecule is CC(O)C1CCN(Cc2cc(C(N)=O)cs2)CC1. The summed E-state index contributed by atoms with van der Waals surface area (Å²) in [4.78, 5) is 14.6. The van der Waals surface area contributed by atoms with Crippen LogP contribution >= 0.6 is 11.3 Å². The first kappa shape index (κ1) is 13.5. The Hall–Kier alpha value is -0.910. The van der Waals surface area contributed by atoms with Crippen molar-refractivity contribution in [1.82, 2.24) is 4.90 Å². The minimum absolute atomic E-state index is 0.199. The van der Waals surface area contributed by atoms with E-state index in [-0.39, 0.29) is 12.0 Å². The fraction of sp³-hybridized carbons (Fsp3) is 0.615. The molecular weight excluding hydrogens is 248 g/mol. The Morgan fingerprint density at radius 2 is 2.28 bits per heavy atom. The number of likely N-dealkylation sites (tertiary alicyclic amines) is 1. The van der Waals surface area contributed by atoms with Gasteiger partial charge < -0.3 is 10.8 Å². The van der Waals surface area contributed by atoms with Crippen molar-refractivity contribution in [2.75, 3.05) is 13.1 Å². The van der Waals surface area contributed by atoms with Crippen LogP contribution in [0.15, 0.2) is 11.4 Å². The molecule has 1 fully saturated rings. The number of hydrogen-bond donors (Lipinski definition) is 2. The lowest BCUT2D eigenvalue weighted by atomic mass is 9.92. The number of thiophene rings is 1. The Morgan fingerprint density at radius 1 is 1.61 bits per heavy atom. The zero-order chi connectivity index (χ0) is 13.1. The molecule has 0 aliphatic carbocycles. The van der Waals surface area contributed by atoms with Crippen LogP contribution < -0.4 is 5.73 Å². The highest BCUT2D eigenvalue weighted by molar-refractivity contribution is 7.10. The quantitative estimate of drug-likeness (QED) is 0.868. The number of piperidine rings is 1. The number of carbonyl (C=O) groups excluding carboxylic acids is 1. The van der Waals surface area contributed by atoms with Crippen molar-refractivity contribution in [1.29, 1.82) is 0 Å². The molecule has 1 atom stereocenters.